The maximum Gasteiger partial charge on any atom is 0.245 e. The van der Waals surface area contributed by atoms with Crippen LogP contribution in [0.15, 0.2) is 24.3 Å². The first kappa shape index (κ1) is 50.3. The van der Waals surface area contributed by atoms with Gasteiger partial charge in [-0.05, 0) is 69.7 Å². The van der Waals surface area contributed by atoms with Gasteiger partial charge in [0.05, 0.1) is 26.4 Å². The number of hydrogen-bond donors (Lipinski definition) is 6. The molecule has 5 amide bonds. The van der Waals surface area contributed by atoms with Crippen molar-refractivity contribution >= 4 is 53.1 Å². The molecule has 0 spiro atoms. The van der Waals surface area contributed by atoms with Gasteiger partial charge in [-0.2, -0.15) is 23.5 Å². The largest absolute Gasteiger partial charge is 0.379 e. The van der Waals surface area contributed by atoms with Gasteiger partial charge < -0.3 is 46.1 Å². The number of benzene rings is 1. The summed E-state index contributed by atoms with van der Waals surface area (Å²) >= 11 is 3.16. The summed E-state index contributed by atoms with van der Waals surface area (Å²) in [5, 5.41) is 17.5. The summed E-state index contributed by atoms with van der Waals surface area (Å²) in [6, 6.07) is 5.39. The lowest BCUT2D eigenvalue weighted by Crippen LogP contribution is -2.62. The zero-order chi connectivity index (χ0) is 42.1. The van der Waals surface area contributed by atoms with Gasteiger partial charge in [-0.3, -0.25) is 24.0 Å². The number of carbonyl (C=O) groups excluding carboxylic acids is 5. The van der Waals surface area contributed by atoms with Crippen LogP contribution in [0.2, 0.25) is 0 Å². The Morgan fingerprint density at radius 3 is 2.09 bits per heavy atom. The summed E-state index contributed by atoms with van der Waals surface area (Å²) < 4.78 is 16.7. The highest BCUT2D eigenvalue weighted by molar-refractivity contribution is 7.98. The van der Waals surface area contributed by atoms with Crippen LogP contribution in [0, 0.1) is 11.8 Å². The van der Waals surface area contributed by atoms with Crippen molar-refractivity contribution in [3.05, 3.63) is 35.4 Å². The minimum Gasteiger partial charge on any atom is -0.379 e. The van der Waals surface area contributed by atoms with Crippen LogP contribution in [-0.2, 0) is 49.7 Å². The summed E-state index contributed by atoms with van der Waals surface area (Å²) in [4.78, 5) is 67.8. The average molecular weight is 839 g/mol. The van der Waals surface area contributed by atoms with Crippen LogP contribution in [0.1, 0.15) is 84.8 Å². The molecule has 0 aliphatic carbocycles. The molecule has 1 aliphatic rings. The van der Waals surface area contributed by atoms with Crippen molar-refractivity contribution < 1.29 is 38.2 Å². The molecule has 0 fully saturated rings. The van der Waals surface area contributed by atoms with Gasteiger partial charge in [0.1, 0.15) is 23.7 Å². The summed E-state index contributed by atoms with van der Waals surface area (Å²) in [5.41, 5.74) is 0.913. The van der Waals surface area contributed by atoms with E-state index in [9.17, 15) is 24.0 Å². The Labute approximate surface area is 349 Å². The fraction of sp³-hybridized carbons (Fsp3) is 0.732. The molecule has 0 aromatic heterocycles. The molecule has 1 aromatic carbocycles. The smallest absolute Gasteiger partial charge is 0.245 e. The predicted octanol–water partition coefficient (Wildman–Crippen LogP) is 3.16. The summed E-state index contributed by atoms with van der Waals surface area (Å²) in [7, 11) is 1.91. The zero-order valence-electron chi connectivity index (χ0n) is 35.3. The molecule has 1 aromatic rings. The molecule has 0 radical (unpaired) electrons. The Balaban J connectivity index is 2.15. The molecule has 57 heavy (non-hydrogen) atoms. The third kappa shape index (κ3) is 21.1. The molecule has 324 valence electrons. The van der Waals surface area contributed by atoms with Crippen LogP contribution in [0.3, 0.4) is 0 Å². The quantitative estimate of drug-likeness (QED) is 0.113. The maximum absolute atomic E-state index is 14.0. The number of fused-ring (bicyclic) bond motifs is 2. The molecule has 1 heterocycles. The van der Waals surface area contributed by atoms with Gasteiger partial charge in [0.2, 0.25) is 29.5 Å². The monoisotopic (exact) mass is 838 g/mol. The first-order chi connectivity index (χ1) is 27.3. The molecule has 0 unspecified atom stereocenters. The lowest BCUT2D eigenvalue weighted by Gasteiger charge is -2.31. The van der Waals surface area contributed by atoms with Crippen molar-refractivity contribution in [3.8, 4) is 0 Å². The molecular formula is C41H70N6O8S2. The number of ether oxygens (including phenoxy) is 3. The van der Waals surface area contributed by atoms with Crippen LogP contribution in [0.5, 0.6) is 0 Å². The molecule has 14 nitrogen and oxygen atoms in total. The molecule has 2 rings (SSSR count). The zero-order valence-corrected chi connectivity index (χ0v) is 36.9. The summed E-state index contributed by atoms with van der Waals surface area (Å²) in [6.45, 7) is 15.2. The van der Waals surface area contributed by atoms with E-state index in [0.717, 1.165) is 24.1 Å². The molecule has 0 saturated heterocycles. The fourth-order valence-corrected chi connectivity index (χ4v) is 7.66. The Kier molecular flexibility index (Phi) is 25.1. The van der Waals surface area contributed by atoms with Crippen molar-refractivity contribution in [1.29, 1.82) is 0 Å². The van der Waals surface area contributed by atoms with E-state index in [2.05, 4.69) is 38.0 Å². The number of thioether (sulfide) groups is 2. The van der Waals surface area contributed by atoms with E-state index in [4.69, 9.17) is 14.2 Å². The van der Waals surface area contributed by atoms with Crippen molar-refractivity contribution in [2.45, 2.75) is 109 Å². The molecule has 4 atom stereocenters. The predicted molar refractivity (Wildman–Crippen MR) is 229 cm³/mol. The number of amides is 5. The van der Waals surface area contributed by atoms with Crippen LogP contribution in [0.4, 0.5) is 0 Å². The first-order valence-corrected chi connectivity index (χ1v) is 22.7. The SMILES string of the molecule is CC[C@H](C)[C@@H]1NC(=O)[C@H](CC(C)C)NC(=O)C(C)(C)NC(=O)CCSCc2cccc(c2)CSC[C@@H](C(=O)NCCCOCCOCCOCCCNC)NC1=O. The van der Waals surface area contributed by atoms with E-state index in [1.54, 1.807) is 25.6 Å². The molecule has 2 bridgehead atoms. The Bertz CT molecular complexity index is 1370. The number of hydrogen-bond acceptors (Lipinski definition) is 11. The second kappa shape index (κ2) is 28.5. The van der Waals surface area contributed by atoms with Gasteiger partial charge in [-0.15, -0.1) is 0 Å². The number of carbonyl (C=O) groups is 5. The van der Waals surface area contributed by atoms with Crippen molar-refractivity contribution in [2.75, 3.05) is 71.3 Å². The van der Waals surface area contributed by atoms with Crippen LogP contribution in [-0.4, -0.2) is 124 Å². The molecule has 0 saturated carbocycles. The van der Waals surface area contributed by atoms with Gasteiger partial charge in [0, 0.05) is 49.2 Å². The second-order valence-electron chi connectivity index (χ2n) is 15.3. The Hall–Kier alpha value is -2.89. The standard InChI is InChI=1S/C41H70N6O8S2/c1-8-30(4)36-39(51)44-34(37(49)43-16-11-18-54-20-22-55-21-19-53-17-10-15-42-7)28-57-27-32-13-9-12-31(25-32)26-56-23-14-35(48)47-41(5,6)40(52)45-33(24-29(2)3)38(50)46-36/h9,12-13,25,29-30,33-34,36,42H,8,10-11,14-24,26-28H2,1-7H3,(H,43,49)(H,44,51)(H,45,52)(H,46,50)(H,47,48)/t30-,33-,34-,36-/m0/s1. The first-order valence-electron chi connectivity index (χ1n) is 20.4. The molecule has 1 aliphatic heterocycles. The van der Waals surface area contributed by atoms with Crippen molar-refractivity contribution in [2.24, 2.45) is 11.8 Å². The van der Waals surface area contributed by atoms with Gasteiger partial charge >= 0.3 is 0 Å². The van der Waals surface area contributed by atoms with Crippen LogP contribution < -0.4 is 31.9 Å². The topological polar surface area (TPSA) is 185 Å². The highest BCUT2D eigenvalue weighted by atomic mass is 32.2. The Morgan fingerprint density at radius 1 is 0.860 bits per heavy atom. The highest BCUT2D eigenvalue weighted by Gasteiger charge is 2.36. The minimum absolute atomic E-state index is 0.0388. The van der Waals surface area contributed by atoms with E-state index in [-0.39, 0.29) is 30.1 Å². The molecular weight excluding hydrogens is 769 g/mol. The van der Waals surface area contributed by atoms with E-state index in [1.165, 1.54) is 11.8 Å². The third-order valence-electron chi connectivity index (χ3n) is 9.29. The van der Waals surface area contributed by atoms with E-state index < -0.39 is 41.4 Å². The molecule has 6 N–H and O–H groups in total. The third-order valence-corrected chi connectivity index (χ3v) is 11.4. The van der Waals surface area contributed by atoms with Gasteiger partial charge in [-0.1, -0.05) is 58.4 Å². The van der Waals surface area contributed by atoms with Crippen LogP contribution in [0.25, 0.3) is 0 Å². The summed E-state index contributed by atoms with van der Waals surface area (Å²) in [5.74, 6) is -0.0937. The average Bonchev–Trinajstić information content (AvgIpc) is 3.17. The fourth-order valence-electron chi connectivity index (χ4n) is 5.77. The minimum atomic E-state index is -1.28. The number of nitrogens with one attached hydrogen (secondary N) is 6. The highest BCUT2D eigenvalue weighted by Crippen LogP contribution is 2.20. The van der Waals surface area contributed by atoms with E-state index in [0.29, 0.717) is 88.5 Å². The normalized spacial score (nSPS) is 20.9. The number of rotatable bonds is 19. The van der Waals surface area contributed by atoms with E-state index in [1.807, 2.05) is 52.9 Å². The lowest BCUT2D eigenvalue weighted by atomic mass is 9.96. The summed E-state index contributed by atoms with van der Waals surface area (Å²) in [6.07, 6.45) is 2.66. The van der Waals surface area contributed by atoms with Gasteiger partial charge in [-0.25, -0.2) is 0 Å². The lowest BCUT2D eigenvalue weighted by molar-refractivity contribution is -0.136. The molecule has 16 heteroatoms. The maximum atomic E-state index is 14.0. The van der Waals surface area contributed by atoms with E-state index >= 15 is 0 Å². The second-order valence-corrected chi connectivity index (χ2v) is 17.5. The van der Waals surface area contributed by atoms with Gasteiger partial charge in [0.15, 0.2) is 0 Å². The van der Waals surface area contributed by atoms with Crippen LogP contribution >= 0.6 is 23.5 Å². The van der Waals surface area contributed by atoms with Crippen molar-refractivity contribution in [3.63, 3.8) is 0 Å². The Morgan fingerprint density at radius 2 is 1.47 bits per heavy atom. The van der Waals surface area contributed by atoms with Gasteiger partial charge in [0.25, 0.3) is 0 Å². The van der Waals surface area contributed by atoms with Crippen molar-refractivity contribution in [1.82, 2.24) is 31.9 Å².